The molecule has 1 saturated carbocycles. The molecule has 1 aliphatic heterocycles. The van der Waals surface area contributed by atoms with Crippen molar-refractivity contribution in [3.8, 4) is 22.6 Å². The van der Waals surface area contributed by atoms with Crippen LogP contribution in [0, 0.1) is 12.8 Å². The molecule has 2 aromatic carbocycles. The van der Waals surface area contributed by atoms with Gasteiger partial charge in [-0.1, -0.05) is 43.0 Å². The maximum Gasteiger partial charge on any atom is 0.410 e. The summed E-state index contributed by atoms with van der Waals surface area (Å²) in [6, 6.07) is 17.7. The molecule has 3 aromatic heterocycles. The third-order valence-corrected chi connectivity index (χ3v) is 11.2. The van der Waals surface area contributed by atoms with Crippen LogP contribution in [0.25, 0.3) is 22.2 Å². The van der Waals surface area contributed by atoms with Crippen LogP contribution in [0.3, 0.4) is 0 Å². The first kappa shape index (κ1) is 35.2. The summed E-state index contributed by atoms with van der Waals surface area (Å²) in [5.74, 6) is 1.18. The zero-order valence-electron chi connectivity index (χ0n) is 29.9. The number of nitrogens with zero attached hydrogens (tertiary/aromatic N) is 4. The molecule has 4 heterocycles. The number of aryl methyl sites for hydroxylation is 1. The van der Waals surface area contributed by atoms with Crippen molar-refractivity contribution in [2.45, 2.75) is 83.3 Å². The topological polar surface area (TPSA) is 133 Å². The summed E-state index contributed by atoms with van der Waals surface area (Å²) in [5, 5.41) is 3.46. The highest BCUT2D eigenvalue weighted by molar-refractivity contribution is 7.90. The SMILES string of the molecule is Cc1ccc(S(=O)(=O)n2cc(-c3ccnc(NC(=O)C4CCCCC4)c3)c3c(Oc4ccc5c(c4)CN(C(=O)OC(C)(C)C)CC5)ccnc32)cc1. The number of fused-ring (bicyclic) bond motifs is 2. The fourth-order valence-electron chi connectivity index (χ4n) is 6.87. The fraction of sp³-hybridized carbons (Fsp3) is 0.350. The molecular weight excluding hydrogens is 679 g/mol. The number of carbonyl (C=O) groups excluding carboxylic acids is 2. The molecule has 2 aliphatic rings. The minimum absolute atomic E-state index is 0.0576. The second-order valence-corrected chi connectivity index (χ2v) is 16.4. The van der Waals surface area contributed by atoms with Crippen LogP contribution >= 0.6 is 0 Å². The molecule has 7 rings (SSSR count). The summed E-state index contributed by atoms with van der Waals surface area (Å²) in [7, 11) is -4.08. The Morgan fingerprint density at radius 2 is 1.65 bits per heavy atom. The van der Waals surface area contributed by atoms with Gasteiger partial charge in [-0.15, -0.1) is 0 Å². The molecule has 2 amide bonds. The van der Waals surface area contributed by atoms with E-state index >= 15 is 0 Å². The van der Waals surface area contributed by atoms with Crippen LogP contribution in [0.2, 0.25) is 0 Å². The molecule has 0 atom stereocenters. The zero-order chi connectivity index (χ0) is 36.6. The average Bonchev–Trinajstić information content (AvgIpc) is 3.53. The van der Waals surface area contributed by atoms with E-state index in [1.807, 2.05) is 45.9 Å². The Bertz CT molecular complexity index is 2250. The summed E-state index contributed by atoms with van der Waals surface area (Å²) in [6.45, 7) is 8.35. The van der Waals surface area contributed by atoms with Crippen LogP contribution < -0.4 is 10.1 Å². The van der Waals surface area contributed by atoms with E-state index in [1.165, 1.54) is 10.2 Å². The van der Waals surface area contributed by atoms with Gasteiger partial charge in [0.2, 0.25) is 5.91 Å². The molecule has 1 N–H and O–H groups in total. The molecule has 0 radical (unpaired) electrons. The number of ether oxygens (including phenoxy) is 2. The van der Waals surface area contributed by atoms with E-state index < -0.39 is 15.6 Å². The Hall–Kier alpha value is -5.23. The number of hydrogen-bond acceptors (Lipinski definition) is 8. The molecule has 270 valence electrons. The maximum absolute atomic E-state index is 14.2. The van der Waals surface area contributed by atoms with E-state index in [2.05, 4.69) is 15.3 Å². The van der Waals surface area contributed by atoms with E-state index in [-0.39, 0.29) is 28.5 Å². The summed E-state index contributed by atoms with van der Waals surface area (Å²) >= 11 is 0. The average molecular weight is 722 g/mol. The van der Waals surface area contributed by atoms with Crippen molar-refractivity contribution in [2.75, 3.05) is 11.9 Å². The number of anilines is 1. The van der Waals surface area contributed by atoms with Crippen LogP contribution in [0.1, 0.15) is 69.6 Å². The van der Waals surface area contributed by atoms with Gasteiger partial charge in [-0.2, -0.15) is 0 Å². The summed E-state index contributed by atoms with van der Waals surface area (Å²) in [5.41, 5.74) is 3.74. The number of amides is 2. The van der Waals surface area contributed by atoms with Crippen molar-refractivity contribution in [3.63, 3.8) is 0 Å². The molecule has 1 fully saturated rings. The minimum Gasteiger partial charge on any atom is -0.457 e. The first-order valence-corrected chi connectivity index (χ1v) is 19.2. The molecule has 12 heteroatoms. The van der Waals surface area contributed by atoms with E-state index in [9.17, 15) is 18.0 Å². The Labute approximate surface area is 304 Å². The first-order valence-electron chi connectivity index (χ1n) is 17.7. The Balaban J connectivity index is 1.28. The molecular formula is C40H43N5O6S. The normalized spacial score (nSPS) is 15.3. The van der Waals surface area contributed by atoms with E-state index in [0.717, 1.165) is 48.8 Å². The summed E-state index contributed by atoms with van der Waals surface area (Å²) in [6.07, 6.45) is 9.88. The lowest BCUT2D eigenvalue weighted by Crippen LogP contribution is -2.39. The van der Waals surface area contributed by atoms with Crippen molar-refractivity contribution in [2.24, 2.45) is 5.92 Å². The lowest BCUT2D eigenvalue weighted by molar-refractivity contribution is -0.120. The van der Waals surface area contributed by atoms with Crippen LogP contribution in [-0.4, -0.2) is 51.4 Å². The predicted molar refractivity (Wildman–Crippen MR) is 199 cm³/mol. The van der Waals surface area contributed by atoms with Gasteiger partial charge in [-0.3, -0.25) is 4.79 Å². The van der Waals surface area contributed by atoms with Gasteiger partial charge in [0.15, 0.2) is 5.65 Å². The number of hydrogen-bond donors (Lipinski definition) is 1. The summed E-state index contributed by atoms with van der Waals surface area (Å²) < 4.78 is 41.7. The summed E-state index contributed by atoms with van der Waals surface area (Å²) in [4.78, 5) is 36.8. The molecule has 52 heavy (non-hydrogen) atoms. The molecule has 11 nitrogen and oxygen atoms in total. The van der Waals surface area contributed by atoms with Crippen LogP contribution in [0.15, 0.2) is 84.1 Å². The standard InChI is InChI=1S/C40H43N5O6S/c1-26-10-14-32(15-11-26)52(48,49)45-25-33(29-16-19-41-35(23-29)43-38(46)28-8-6-5-7-9-28)36-34(17-20-42-37(36)45)50-31-13-12-27-18-21-44(24-30(27)22-31)39(47)51-40(2,3)4/h10-17,19-20,22-23,25,28H,5-9,18,21,24H2,1-4H3,(H,41,43,46). The van der Waals surface area contributed by atoms with Crippen molar-refractivity contribution in [1.82, 2.24) is 18.8 Å². The Kier molecular flexibility index (Phi) is 9.51. The van der Waals surface area contributed by atoms with Crippen molar-refractivity contribution < 1.29 is 27.5 Å². The molecule has 0 bridgehead atoms. The maximum atomic E-state index is 14.2. The van der Waals surface area contributed by atoms with Crippen LogP contribution in [-0.2, 0) is 32.5 Å². The molecule has 0 spiro atoms. The van der Waals surface area contributed by atoms with Gasteiger partial charge in [-0.05, 0) is 106 Å². The minimum atomic E-state index is -4.08. The Morgan fingerprint density at radius 1 is 0.904 bits per heavy atom. The molecule has 0 saturated heterocycles. The molecule has 1 aliphatic carbocycles. The second kappa shape index (κ2) is 14.1. The van der Waals surface area contributed by atoms with Gasteiger partial charge in [-0.25, -0.2) is 27.2 Å². The zero-order valence-corrected chi connectivity index (χ0v) is 30.7. The number of nitrogens with one attached hydrogen (secondary N) is 1. The highest BCUT2D eigenvalue weighted by Gasteiger charge is 2.28. The highest BCUT2D eigenvalue weighted by atomic mass is 32.2. The van der Waals surface area contributed by atoms with E-state index in [4.69, 9.17) is 9.47 Å². The van der Waals surface area contributed by atoms with Gasteiger partial charge in [0.1, 0.15) is 22.9 Å². The third kappa shape index (κ3) is 7.38. The van der Waals surface area contributed by atoms with E-state index in [0.29, 0.717) is 53.3 Å². The quantitative estimate of drug-likeness (QED) is 0.178. The van der Waals surface area contributed by atoms with Crippen LogP contribution in [0.5, 0.6) is 11.5 Å². The van der Waals surface area contributed by atoms with Crippen molar-refractivity contribution >= 4 is 38.9 Å². The predicted octanol–water partition coefficient (Wildman–Crippen LogP) is 8.25. The number of rotatable bonds is 7. The first-order chi connectivity index (χ1) is 24.9. The highest BCUT2D eigenvalue weighted by Crippen LogP contribution is 2.40. The largest absolute Gasteiger partial charge is 0.457 e. The van der Waals surface area contributed by atoms with Crippen molar-refractivity contribution in [1.29, 1.82) is 0 Å². The van der Waals surface area contributed by atoms with Gasteiger partial charge >= 0.3 is 6.09 Å². The molecule has 0 unspecified atom stereocenters. The van der Waals surface area contributed by atoms with Gasteiger partial charge in [0.25, 0.3) is 10.0 Å². The second-order valence-electron chi connectivity index (χ2n) is 14.6. The monoisotopic (exact) mass is 721 g/mol. The number of benzene rings is 2. The lowest BCUT2D eigenvalue weighted by Gasteiger charge is -2.31. The number of aromatic nitrogens is 3. The van der Waals surface area contributed by atoms with Gasteiger partial charge in [0, 0.05) is 43.2 Å². The van der Waals surface area contributed by atoms with Gasteiger partial charge in [0.05, 0.1) is 10.3 Å². The fourth-order valence-corrected chi connectivity index (χ4v) is 8.19. The number of pyridine rings is 2. The van der Waals surface area contributed by atoms with Gasteiger partial charge < -0.3 is 19.7 Å². The third-order valence-electron chi connectivity index (χ3n) is 9.56. The smallest absolute Gasteiger partial charge is 0.410 e. The number of carbonyl (C=O) groups is 2. The Morgan fingerprint density at radius 3 is 2.40 bits per heavy atom. The van der Waals surface area contributed by atoms with Crippen molar-refractivity contribution in [3.05, 3.63) is 95.9 Å². The van der Waals surface area contributed by atoms with E-state index in [1.54, 1.807) is 59.8 Å². The lowest BCUT2D eigenvalue weighted by atomic mass is 9.89. The van der Waals surface area contributed by atoms with Crippen LogP contribution in [0.4, 0.5) is 10.6 Å². The molecule has 5 aromatic rings.